The van der Waals surface area contributed by atoms with E-state index in [1.165, 1.54) is 27.6 Å². The number of ketones is 1. The Morgan fingerprint density at radius 2 is 2.00 bits per heavy atom. The highest BCUT2D eigenvalue weighted by Crippen LogP contribution is 2.45. The Balaban J connectivity index is 1.69. The number of hydrogen-bond acceptors (Lipinski definition) is 7. The van der Waals surface area contributed by atoms with Gasteiger partial charge < -0.3 is 9.52 Å². The summed E-state index contributed by atoms with van der Waals surface area (Å²) in [5.74, 6) is -0.568. The summed E-state index contributed by atoms with van der Waals surface area (Å²) in [5.41, 5.74) is 2.90. The molecule has 31 heavy (non-hydrogen) atoms. The third kappa shape index (κ3) is 3.10. The number of nitrogens with zero attached hydrogens (tertiary/aromatic N) is 2. The lowest BCUT2D eigenvalue weighted by atomic mass is 10.0. The van der Waals surface area contributed by atoms with E-state index in [0.717, 1.165) is 21.3 Å². The molecule has 156 valence electrons. The number of thiazole rings is 1. The van der Waals surface area contributed by atoms with Crippen molar-refractivity contribution in [3.63, 3.8) is 0 Å². The normalized spacial score (nSPS) is 16.7. The third-order valence-corrected chi connectivity index (χ3v) is 7.12. The summed E-state index contributed by atoms with van der Waals surface area (Å²) in [6.45, 7) is 5.77. The van der Waals surface area contributed by atoms with Crippen molar-refractivity contribution in [2.45, 2.75) is 26.8 Å². The molecule has 6 nitrogen and oxygen atoms in total. The summed E-state index contributed by atoms with van der Waals surface area (Å²) in [7, 11) is 0. The molecular weight excluding hydrogens is 432 g/mol. The van der Waals surface area contributed by atoms with E-state index in [1.54, 1.807) is 36.6 Å². The fraction of sp³-hybridized carbons (Fsp3) is 0.174. The van der Waals surface area contributed by atoms with Gasteiger partial charge in [-0.1, -0.05) is 23.5 Å². The zero-order valence-electron chi connectivity index (χ0n) is 17.0. The van der Waals surface area contributed by atoms with Crippen molar-refractivity contribution in [1.82, 2.24) is 4.98 Å². The number of carbonyl (C=O) groups excluding carboxylic acids is 2. The van der Waals surface area contributed by atoms with Crippen LogP contribution in [0.3, 0.4) is 0 Å². The number of anilines is 1. The number of rotatable bonds is 4. The molecule has 1 N–H and O–H groups in total. The van der Waals surface area contributed by atoms with Crippen molar-refractivity contribution >= 4 is 49.7 Å². The summed E-state index contributed by atoms with van der Waals surface area (Å²) in [4.78, 5) is 33.0. The van der Waals surface area contributed by atoms with Crippen LogP contribution in [0.25, 0.3) is 10.2 Å². The summed E-state index contributed by atoms with van der Waals surface area (Å²) in [6.07, 6.45) is 0. The largest absolute Gasteiger partial charge is 0.503 e. The van der Waals surface area contributed by atoms with Crippen LogP contribution in [0.2, 0.25) is 0 Å². The molecule has 0 spiro atoms. The van der Waals surface area contributed by atoms with Crippen LogP contribution in [0.1, 0.15) is 38.4 Å². The molecule has 0 saturated heterocycles. The predicted octanol–water partition coefficient (Wildman–Crippen LogP) is 5.66. The average Bonchev–Trinajstić information content (AvgIpc) is 3.49. The third-order valence-electron chi connectivity index (χ3n) is 5.25. The second kappa shape index (κ2) is 7.18. The van der Waals surface area contributed by atoms with E-state index < -0.39 is 23.5 Å². The zero-order valence-corrected chi connectivity index (χ0v) is 18.6. The van der Waals surface area contributed by atoms with Gasteiger partial charge in [0.15, 0.2) is 10.9 Å². The van der Waals surface area contributed by atoms with Gasteiger partial charge in [0.05, 0.1) is 20.7 Å². The second-order valence-electron chi connectivity index (χ2n) is 7.52. The molecular formula is C23H18N2O4S2. The lowest BCUT2D eigenvalue weighted by molar-refractivity contribution is -0.117. The highest BCUT2D eigenvalue weighted by atomic mass is 32.1. The van der Waals surface area contributed by atoms with E-state index in [9.17, 15) is 14.7 Å². The number of aliphatic hydroxyl groups is 1. The average molecular weight is 451 g/mol. The van der Waals surface area contributed by atoms with Crippen LogP contribution in [0.4, 0.5) is 5.13 Å². The number of hydrogen-bond donors (Lipinski definition) is 1. The van der Waals surface area contributed by atoms with Crippen LogP contribution in [-0.2, 0) is 4.79 Å². The second-order valence-corrected chi connectivity index (χ2v) is 9.48. The Bertz CT molecular complexity index is 1380. The maximum absolute atomic E-state index is 13.3. The molecule has 1 aromatic carbocycles. The van der Waals surface area contributed by atoms with Crippen molar-refractivity contribution in [2.24, 2.45) is 0 Å². The van der Waals surface area contributed by atoms with Gasteiger partial charge in [-0.3, -0.25) is 14.5 Å². The standard InChI is InChI=1S/C23H18N2O4S2/c1-11-9-12(2)18-16(10-11)31-23(24-18)25-19(14-7-6-13(3)29-14)17(21(27)22(25)28)20(26)15-5-4-8-30-15/h4-10,19,27H,1-3H3. The number of thiophene rings is 1. The fourth-order valence-corrected chi connectivity index (χ4v) is 5.75. The smallest absolute Gasteiger partial charge is 0.296 e. The molecule has 0 saturated carbocycles. The summed E-state index contributed by atoms with van der Waals surface area (Å²) >= 11 is 2.61. The van der Waals surface area contributed by atoms with Gasteiger partial charge in [-0.25, -0.2) is 4.98 Å². The maximum Gasteiger partial charge on any atom is 0.296 e. The fourth-order valence-electron chi connectivity index (χ4n) is 3.91. The number of fused-ring (bicyclic) bond motifs is 1. The van der Waals surface area contributed by atoms with Crippen molar-refractivity contribution < 1.29 is 19.1 Å². The quantitative estimate of drug-likeness (QED) is 0.406. The van der Waals surface area contributed by atoms with Crippen molar-refractivity contribution in [1.29, 1.82) is 0 Å². The molecule has 0 fully saturated rings. The number of amides is 1. The van der Waals surface area contributed by atoms with Crippen molar-refractivity contribution in [3.8, 4) is 0 Å². The SMILES string of the molecule is Cc1cc(C)c2nc(N3C(=O)C(O)=C(C(=O)c4cccs4)C3c3ccc(C)o3)sc2c1. The Hall–Kier alpha value is -3.23. The van der Waals surface area contributed by atoms with Crippen LogP contribution in [0.5, 0.6) is 0 Å². The van der Waals surface area contributed by atoms with Gasteiger partial charge in [-0.15, -0.1) is 11.3 Å². The number of aryl methyl sites for hydroxylation is 3. The van der Waals surface area contributed by atoms with E-state index in [4.69, 9.17) is 9.40 Å². The van der Waals surface area contributed by atoms with Crippen molar-refractivity contribution in [3.05, 3.63) is 80.6 Å². The summed E-state index contributed by atoms with van der Waals surface area (Å²) in [5, 5.41) is 13.0. The molecule has 0 aliphatic carbocycles. The van der Waals surface area contributed by atoms with Gasteiger partial charge >= 0.3 is 0 Å². The first-order valence-corrected chi connectivity index (χ1v) is 11.3. The first-order chi connectivity index (χ1) is 14.8. The molecule has 0 bridgehead atoms. The molecule has 1 atom stereocenters. The number of benzene rings is 1. The highest BCUT2D eigenvalue weighted by Gasteiger charge is 2.47. The minimum absolute atomic E-state index is 0.00830. The Labute approximate surface area is 186 Å². The molecule has 1 aliphatic heterocycles. The minimum Gasteiger partial charge on any atom is -0.503 e. The number of furan rings is 1. The first kappa shape index (κ1) is 19.7. The lowest BCUT2D eigenvalue weighted by Gasteiger charge is -2.22. The van der Waals surface area contributed by atoms with E-state index in [-0.39, 0.29) is 5.57 Å². The Morgan fingerprint density at radius 1 is 1.19 bits per heavy atom. The molecule has 1 unspecified atom stereocenters. The van der Waals surface area contributed by atoms with Crippen LogP contribution in [0.15, 0.2) is 57.5 Å². The Morgan fingerprint density at radius 3 is 2.68 bits per heavy atom. The van der Waals surface area contributed by atoms with Gasteiger partial charge in [0, 0.05) is 0 Å². The summed E-state index contributed by atoms with van der Waals surface area (Å²) in [6, 6.07) is 10.1. The number of Topliss-reactive ketones (excluding diaryl/α,β-unsaturated/α-hetero) is 1. The minimum atomic E-state index is -0.891. The van der Waals surface area contributed by atoms with Crippen LogP contribution >= 0.6 is 22.7 Å². The molecule has 1 aliphatic rings. The van der Waals surface area contributed by atoms with Gasteiger partial charge in [-0.05, 0) is 61.5 Å². The van der Waals surface area contributed by atoms with Crippen molar-refractivity contribution in [2.75, 3.05) is 4.90 Å². The molecule has 4 heterocycles. The van der Waals surface area contributed by atoms with Crippen LogP contribution in [-0.4, -0.2) is 21.8 Å². The van der Waals surface area contributed by atoms with Gasteiger partial charge in [0.25, 0.3) is 5.91 Å². The van der Waals surface area contributed by atoms with E-state index in [2.05, 4.69) is 0 Å². The van der Waals surface area contributed by atoms with Gasteiger partial charge in [-0.2, -0.15) is 0 Å². The number of aromatic nitrogens is 1. The van der Waals surface area contributed by atoms with E-state index in [1.807, 2.05) is 26.0 Å². The monoisotopic (exact) mass is 450 g/mol. The molecule has 3 aromatic heterocycles. The highest BCUT2D eigenvalue weighted by molar-refractivity contribution is 7.22. The predicted molar refractivity (Wildman–Crippen MR) is 121 cm³/mol. The number of carbonyl (C=O) groups is 2. The molecule has 0 radical (unpaired) electrons. The summed E-state index contributed by atoms with van der Waals surface area (Å²) < 4.78 is 6.76. The molecule has 1 amide bonds. The first-order valence-electron chi connectivity index (χ1n) is 9.64. The number of aliphatic hydroxyl groups excluding tert-OH is 1. The zero-order chi connectivity index (χ0) is 21.9. The van der Waals surface area contributed by atoms with E-state index >= 15 is 0 Å². The molecule has 4 aromatic rings. The lowest BCUT2D eigenvalue weighted by Crippen LogP contribution is -2.30. The van der Waals surface area contributed by atoms with Crippen LogP contribution < -0.4 is 4.90 Å². The van der Waals surface area contributed by atoms with Gasteiger partial charge in [0.2, 0.25) is 5.78 Å². The van der Waals surface area contributed by atoms with Gasteiger partial charge in [0.1, 0.15) is 17.6 Å². The Kier molecular flexibility index (Phi) is 4.56. The van der Waals surface area contributed by atoms with Crippen LogP contribution in [0, 0.1) is 20.8 Å². The topological polar surface area (TPSA) is 83.6 Å². The van der Waals surface area contributed by atoms with E-state index in [0.29, 0.717) is 21.5 Å². The molecule has 5 rings (SSSR count). The molecule has 8 heteroatoms. The maximum atomic E-state index is 13.3.